The minimum Gasteiger partial charge on any atom is -0.381 e. The first-order chi connectivity index (χ1) is 11.7. The van der Waals surface area contributed by atoms with Crippen LogP contribution in [0.3, 0.4) is 0 Å². The maximum Gasteiger partial charge on any atom is 0.191 e. The molecule has 136 valence electrons. The van der Waals surface area contributed by atoms with Crippen molar-refractivity contribution < 1.29 is 4.74 Å². The normalized spacial score (nSPS) is 11.8. The third-order valence-corrected chi connectivity index (χ3v) is 3.67. The molecule has 5 nitrogen and oxygen atoms in total. The van der Waals surface area contributed by atoms with Gasteiger partial charge in [0.05, 0.1) is 0 Å². The Balaban J connectivity index is 2.31. The molecule has 0 aliphatic heterocycles. The SMILES string of the molecule is CCCCOCCCNC(=NC)NCc1ccccc1CN(C)C. The van der Waals surface area contributed by atoms with Crippen LogP contribution in [-0.2, 0) is 17.8 Å². The molecule has 1 aromatic rings. The van der Waals surface area contributed by atoms with Crippen molar-refractivity contribution in [1.82, 2.24) is 15.5 Å². The number of aliphatic imine (C=N–C) groups is 1. The van der Waals surface area contributed by atoms with Gasteiger partial charge in [-0.2, -0.15) is 0 Å². The average Bonchev–Trinajstić information content (AvgIpc) is 2.57. The highest BCUT2D eigenvalue weighted by Gasteiger charge is 2.04. The van der Waals surface area contributed by atoms with E-state index in [0.29, 0.717) is 0 Å². The molecule has 2 N–H and O–H groups in total. The number of nitrogens with zero attached hydrogens (tertiary/aromatic N) is 2. The van der Waals surface area contributed by atoms with E-state index >= 15 is 0 Å². The van der Waals surface area contributed by atoms with Gasteiger partial charge < -0.3 is 20.3 Å². The van der Waals surface area contributed by atoms with Gasteiger partial charge in [-0.3, -0.25) is 4.99 Å². The summed E-state index contributed by atoms with van der Waals surface area (Å²) < 4.78 is 5.57. The molecule has 0 heterocycles. The molecule has 0 aliphatic rings. The van der Waals surface area contributed by atoms with Crippen molar-refractivity contribution in [3.8, 4) is 0 Å². The monoisotopic (exact) mass is 334 g/mol. The molecule has 0 aromatic heterocycles. The van der Waals surface area contributed by atoms with Crippen LogP contribution in [0.25, 0.3) is 0 Å². The molecule has 0 atom stereocenters. The van der Waals surface area contributed by atoms with Crippen LogP contribution in [0.5, 0.6) is 0 Å². The summed E-state index contributed by atoms with van der Waals surface area (Å²) in [5, 5.41) is 6.73. The highest BCUT2D eigenvalue weighted by Crippen LogP contribution is 2.10. The Morgan fingerprint density at radius 1 is 1.08 bits per heavy atom. The van der Waals surface area contributed by atoms with Gasteiger partial charge in [0.1, 0.15) is 0 Å². The summed E-state index contributed by atoms with van der Waals surface area (Å²) in [6.45, 7) is 6.43. The van der Waals surface area contributed by atoms with E-state index in [1.54, 1.807) is 7.05 Å². The summed E-state index contributed by atoms with van der Waals surface area (Å²) in [5.41, 5.74) is 2.65. The van der Waals surface area contributed by atoms with Crippen LogP contribution < -0.4 is 10.6 Å². The average molecular weight is 335 g/mol. The van der Waals surface area contributed by atoms with E-state index in [1.807, 2.05) is 0 Å². The second-order valence-corrected chi connectivity index (χ2v) is 6.18. The van der Waals surface area contributed by atoms with E-state index in [9.17, 15) is 0 Å². The van der Waals surface area contributed by atoms with Crippen molar-refractivity contribution in [2.75, 3.05) is 40.9 Å². The predicted molar refractivity (Wildman–Crippen MR) is 102 cm³/mol. The molecule has 0 bridgehead atoms. The molecule has 24 heavy (non-hydrogen) atoms. The molecule has 1 aromatic carbocycles. The molecule has 0 saturated heterocycles. The highest BCUT2D eigenvalue weighted by atomic mass is 16.5. The third-order valence-electron chi connectivity index (χ3n) is 3.67. The Kier molecular flexibility index (Phi) is 10.9. The summed E-state index contributed by atoms with van der Waals surface area (Å²) in [6, 6.07) is 8.52. The van der Waals surface area contributed by atoms with Crippen molar-refractivity contribution in [3.63, 3.8) is 0 Å². The number of hydrogen-bond donors (Lipinski definition) is 2. The lowest BCUT2D eigenvalue weighted by molar-refractivity contribution is 0.129. The Morgan fingerprint density at radius 3 is 2.46 bits per heavy atom. The van der Waals surface area contributed by atoms with Crippen LogP contribution in [0.4, 0.5) is 0 Å². The number of unbranched alkanes of at least 4 members (excludes halogenated alkanes) is 1. The van der Waals surface area contributed by atoms with Gasteiger partial charge in [0, 0.05) is 39.9 Å². The first-order valence-electron chi connectivity index (χ1n) is 8.91. The van der Waals surface area contributed by atoms with E-state index in [0.717, 1.165) is 51.6 Å². The minimum absolute atomic E-state index is 0.774. The number of benzene rings is 1. The van der Waals surface area contributed by atoms with Crippen molar-refractivity contribution in [1.29, 1.82) is 0 Å². The Morgan fingerprint density at radius 2 is 1.79 bits per heavy atom. The molecule has 0 spiro atoms. The zero-order chi connectivity index (χ0) is 17.6. The quantitative estimate of drug-likeness (QED) is 0.371. The molecular formula is C19H34N4O. The largest absolute Gasteiger partial charge is 0.381 e. The van der Waals surface area contributed by atoms with Gasteiger partial charge in [0.2, 0.25) is 0 Å². The van der Waals surface area contributed by atoms with Crippen LogP contribution in [0, 0.1) is 0 Å². The number of nitrogens with one attached hydrogen (secondary N) is 2. The van der Waals surface area contributed by atoms with Crippen molar-refractivity contribution in [2.24, 2.45) is 4.99 Å². The Labute approximate surface area is 147 Å². The standard InChI is InChI=1S/C19H34N4O/c1-5-6-13-24-14-9-12-21-19(20-2)22-15-17-10-7-8-11-18(17)16-23(3)4/h7-8,10-11H,5-6,9,12-16H2,1-4H3,(H2,20,21,22). The summed E-state index contributed by atoms with van der Waals surface area (Å²) in [4.78, 5) is 6.47. The fraction of sp³-hybridized carbons (Fsp3) is 0.632. The maximum atomic E-state index is 5.57. The fourth-order valence-electron chi connectivity index (χ4n) is 2.35. The van der Waals surface area contributed by atoms with Gasteiger partial charge in [0.15, 0.2) is 5.96 Å². The van der Waals surface area contributed by atoms with E-state index in [2.05, 4.69) is 65.8 Å². The lowest BCUT2D eigenvalue weighted by Crippen LogP contribution is -2.37. The smallest absolute Gasteiger partial charge is 0.191 e. The predicted octanol–water partition coefficient (Wildman–Crippen LogP) is 2.62. The third kappa shape index (κ3) is 8.89. The van der Waals surface area contributed by atoms with E-state index in [1.165, 1.54) is 17.5 Å². The molecule has 0 unspecified atom stereocenters. The van der Waals surface area contributed by atoms with E-state index in [-0.39, 0.29) is 0 Å². The molecule has 1 rings (SSSR count). The summed E-state index contributed by atoms with van der Waals surface area (Å²) in [5.74, 6) is 0.836. The summed E-state index contributed by atoms with van der Waals surface area (Å²) in [7, 11) is 5.99. The van der Waals surface area contributed by atoms with Crippen molar-refractivity contribution >= 4 is 5.96 Å². The van der Waals surface area contributed by atoms with Crippen molar-refractivity contribution in [3.05, 3.63) is 35.4 Å². The molecule has 0 saturated carbocycles. The van der Waals surface area contributed by atoms with Crippen molar-refractivity contribution in [2.45, 2.75) is 39.3 Å². The van der Waals surface area contributed by atoms with Crippen LogP contribution in [0.1, 0.15) is 37.3 Å². The Bertz CT molecular complexity index is 474. The van der Waals surface area contributed by atoms with Gasteiger partial charge >= 0.3 is 0 Å². The van der Waals surface area contributed by atoms with Crippen LogP contribution >= 0.6 is 0 Å². The second kappa shape index (κ2) is 12.8. The molecule has 0 aliphatic carbocycles. The van der Waals surface area contributed by atoms with Gasteiger partial charge in [-0.1, -0.05) is 37.6 Å². The molecule has 0 radical (unpaired) electrons. The van der Waals surface area contributed by atoms with E-state index in [4.69, 9.17) is 4.74 Å². The van der Waals surface area contributed by atoms with Crippen LogP contribution in [0.15, 0.2) is 29.3 Å². The number of guanidine groups is 1. The zero-order valence-corrected chi connectivity index (χ0v) is 15.8. The first kappa shape index (κ1) is 20.5. The molecule has 0 amide bonds. The zero-order valence-electron chi connectivity index (χ0n) is 15.8. The van der Waals surface area contributed by atoms with E-state index < -0.39 is 0 Å². The second-order valence-electron chi connectivity index (χ2n) is 6.18. The topological polar surface area (TPSA) is 48.9 Å². The summed E-state index contributed by atoms with van der Waals surface area (Å²) in [6.07, 6.45) is 3.31. The number of rotatable bonds is 11. The minimum atomic E-state index is 0.774. The lowest BCUT2D eigenvalue weighted by atomic mass is 10.1. The van der Waals surface area contributed by atoms with Gasteiger partial charge in [-0.25, -0.2) is 0 Å². The lowest BCUT2D eigenvalue weighted by Gasteiger charge is -2.16. The number of hydrogen-bond acceptors (Lipinski definition) is 3. The fourth-order valence-corrected chi connectivity index (χ4v) is 2.35. The molecule has 5 heteroatoms. The molecule has 0 fully saturated rings. The summed E-state index contributed by atoms with van der Waals surface area (Å²) >= 11 is 0. The first-order valence-corrected chi connectivity index (χ1v) is 8.91. The molecular weight excluding hydrogens is 300 g/mol. The maximum absolute atomic E-state index is 5.57. The highest BCUT2D eigenvalue weighted by molar-refractivity contribution is 5.79. The van der Waals surface area contributed by atoms with Gasteiger partial charge in [0.25, 0.3) is 0 Å². The Hall–Kier alpha value is -1.59. The van der Waals surface area contributed by atoms with Crippen LogP contribution in [-0.4, -0.2) is 51.8 Å². The number of ether oxygens (including phenoxy) is 1. The van der Waals surface area contributed by atoms with Gasteiger partial charge in [-0.05, 0) is 38.1 Å². The van der Waals surface area contributed by atoms with Crippen LogP contribution in [0.2, 0.25) is 0 Å². The van der Waals surface area contributed by atoms with Gasteiger partial charge in [-0.15, -0.1) is 0 Å².